The quantitative estimate of drug-likeness (QED) is 0.620. The molecule has 0 amide bonds. The second kappa shape index (κ2) is 8.39. The summed E-state index contributed by atoms with van der Waals surface area (Å²) in [5.41, 5.74) is 6.88. The highest BCUT2D eigenvalue weighted by Gasteiger charge is 2.22. The summed E-state index contributed by atoms with van der Waals surface area (Å²) in [6.07, 6.45) is 5.15. The van der Waals surface area contributed by atoms with Gasteiger partial charge in [-0.15, -0.1) is 0 Å². The van der Waals surface area contributed by atoms with Crippen LogP contribution in [0.4, 0.5) is 15.9 Å². The van der Waals surface area contributed by atoms with Crippen LogP contribution in [0.3, 0.4) is 0 Å². The number of ether oxygens (including phenoxy) is 2. The Hall–Kier alpha value is -2.64. The molecule has 0 aliphatic heterocycles. The van der Waals surface area contributed by atoms with Crippen molar-refractivity contribution < 1.29 is 13.9 Å². The third-order valence-corrected chi connectivity index (χ3v) is 5.43. The lowest BCUT2D eigenvalue weighted by Crippen LogP contribution is -2.31. The lowest BCUT2D eigenvalue weighted by Gasteiger charge is -2.27. The van der Waals surface area contributed by atoms with E-state index < -0.39 is 5.82 Å². The number of nitrogens with zero attached hydrogens (tertiary/aromatic N) is 2. The lowest BCUT2D eigenvalue weighted by atomic mass is 9.94. The zero-order valence-electron chi connectivity index (χ0n) is 16.0. The molecule has 1 saturated carbocycles. The number of nitrogens with one attached hydrogen (secondary N) is 1. The summed E-state index contributed by atoms with van der Waals surface area (Å²) in [6.45, 7) is 0. The van der Waals surface area contributed by atoms with Crippen LogP contribution < -0.4 is 20.5 Å². The number of anilines is 2. The van der Waals surface area contributed by atoms with Crippen molar-refractivity contribution in [1.82, 2.24) is 9.97 Å². The topological polar surface area (TPSA) is 82.3 Å². The van der Waals surface area contributed by atoms with Crippen LogP contribution in [0.5, 0.6) is 11.5 Å². The minimum Gasteiger partial charge on any atom is -0.493 e. The first-order chi connectivity index (χ1) is 14.0. The Labute approximate surface area is 173 Å². The van der Waals surface area contributed by atoms with Gasteiger partial charge in [-0.05, 0) is 43.9 Å². The maximum Gasteiger partial charge on any atom is 0.165 e. The van der Waals surface area contributed by atoms with Gasteiger partial charge in [0.2, 0.25) is 0 Å². The van der Waals surface area contributed by atoms with Crippen LogP contribution in [0.1, 0.15) is 25.7 Å². The van der Waals surface area contributed by atoms with Crippen molar-refractivity contribution in [2.24, 2.45) is 5.73 Å². The molecule has 4 rings (SSSR count). The van der Waals surface area contributed by atoms with Gasteiger partial charge in [0.25, 0.3) is 0 Å². The molecule has 0 saturated heterocycles. The van der Waals surface area contributed by atoms with Crippen molar-refractivity contribution in [1.29, 1.82) is 0 Å². The fourth-order valence-electron chi connectivity index (χ4n) is 3.53. The summed E-state index contributed by atoms with van der Waals surface area (Å²) < 4.78 is 26.1. The molecule has 152 valence electrons. The second-order valence-electron chi connectivity index (χ2n) is 7.12. The summed E-state index contributed by atoms with van der Waals surface area (Å²) in [5, 5.41) is 3.73. The number of benzene rings is 2. The summed E-state index contributed by atoms with van der Waals surface area (Å²) in [7, 11) is 1.59. The molecule has 0 atom stereocenters. The number of aromatic nitrogens is 2. The van der Waals surface area contributed by atoms with E-state index in [9.17, 15) is 4.39 Å². The van der Waals surface area contributed by atoms with E-state index in [1.807, 2.05) is 6.07 Å². The zero-order chi connectivity index (χ0) is 20.4. The van der Waals surface area contributed by atoms with Crippen LogP contribution in [0.2, 0.25) is 5.02 Å². The molecule has 3 N–H and O–H groups in total. The van der Waals surface area contributed by atoms with Crippen LogP contribution in [-0.4, -0.2) is 29.2 Å². The predicted molar refractivity (Wildman–Crippen MR) is 112 cm³/mol. The number of nitrogens with two attached hydrogens (primary N) is 1. The van der Waals surface area contributed by atoms with Gasteiger partial charge in [-0.1, -0.05) is 17.7 Å². The molecule has 1 fully saturated rings. The number of rotatable bonds is 5. The highest BCUT2D eigenvalue weighted by Crippen LogP contribution is 2.37. The first-order valence-electron chi connectivity index (χ1n) is 9.51. The van der Waals surface area contributed by atoms with E-state index in [4.69, 9.17) is 26.8 Å². The van der Waals surface area contributed by atoms with Crippen molar-refractivity contribution in [3.8, 4) is 11.5 Å². The fraction of sp³-hybridized carbons (Fsp3) is 0.333. The molecule has 0 unspecified atom stereocenters. The van der Waals surface area contributed by atoms with E-state index in [1.165, 1.54) is 12.4 Å². The molecule has 6 nitrogen and oxygen atoms in total. The SMILES string of the molecule is COc1cc2ncnc(Nc3cccc(Cl)c3F)c2cc1O[C@H]1CC[C@H](N)CC1. The van der Waals surface area contributed by atoms with Crippen molar-refractivity contribution in [3.63, 3.8) is 0 Å². The molecule has 0 bridgehead atoms. The Bertz CT molecular complexity index is 1020. The number of hydrogen-bond donors (Lipinski definition) is 2. The second-order valence-corrected chi connectivity index (χ2v) is 7.53. The molecule has 29 heavy (non-hydrogen) atoms. The van der Waals surface area contributed by atoms with Gasteiger partial charge in [0.05, 0.1) is 29.4 Å². The van der Waals surface area contributed by atoms with Crippen LogP contribution in [0.25, 0.3) is 10.9 Å². The Morgan fingerprint density at radius 1 is 1.14 bits per heavy atom. The van der Waals surface area contributed by atoms with E-state index in [1.54, 1.807) is 25.3 Å². The van der Waals surface area contributed by atoms with E-state index in [-0.39, 0.29) is 22.9 Å². The number of hydrogen-bond acceptors (Lipinski definition) is 6. The summed E-state index contributed by atoms with van der Waals surface area (Å²) in [5.74, 6) is 1.11. The standard InChI is InChI=1S/C21H22ClFN4O2/c1-28-18-10-17-14(9-19(18)29-13-7-5-12(24)6-8-13)21(26-11-25-17)27-16-4-2-3-15(22)20(16)23/h2-4,9-13H,5-8,24H2,1H3,(H,25,26,27)/t12-,13-. The molecule has 8 heteroatoms. The third kappa shape index (κ3) is 4.21. The van der Waals surface area contributed by atoms with E-state index in [2.05, 4.69) is 15.3 Å². The van der Waals surface area contributed by atoms with Crippen LogP contribution in [0.15, 0.2) is 36.7 Å². The van der Waals surface area contributed by atoms with E-state index in [0.717, 1.165) is 25.7 Å². The van der Waals surface area contributed by atoms with Crippen molar-refractivity contribution in [2.75, 3.05) is 12.4 Å². The summed E-state index contributed by atoms with van der Waals surface area (Å²) in [6, 6.07) is 8.62. The molecule has 2 aromatic carbocycles. The monoisotopic (exact) mass is 416 g/mol. The van der Waals surface area contributed by atoms with Gasteiger partial charge < -0.3 is 20.5 Å². The first kappa shape index (κ1) is 19.7. The molecular weight excluding hydrogens is 395 g/mol. The average molecular weight is 417 g/mol. The Morgan fingerprint density at radius 3 is 2.69 bits per heavy atom. The molecule has 0 radical (unpaired) electrons. The summed E-state index contributed by atoms with van der Waals surface area (Å²) >= 11 is 5.89. The normalized spacial score (nSPS) is 19.2. The Kier molecular flexibility index (Phi) is 5.69. The lowest BCUT2D eigenvalue weighted by molar-refractivity contribution is 0.142. The van der Waals surface area contributed by atoms with Gasteiger partial charge >= 0.3 is 0 Å². The van der Waals surface area contributed by atoms with E-state index >= 15 is 0 Å². The Balaban J connectivity index is 1.70. The average Bonchev–Trinajstić information content (AvgIpc) is 2.73. The maximum atomic E-state index is 14.3. The van der Waals surface area contributed by atoms with Crippen molar-refractivity contribution in [2.45, 2.75) is 37.8 Å². The third-order valence-electron chi connectivity index (χ3n) is 5.14. The van der Waals surface area contributed by atoms with Gasteiger partial charge in [-0.2, -0.15) is 0 Å². The van der Waals surface area contributed by atoms with Crippen LogP contribution in [-0.2, 0) is 0 Å². The number of halogens is 2. The van der Waals surface area contributed by atoms with Crippen LogP contribution in [0, 0.1) is 5.82 Å². The molecular formula is C21H22ClFN4O2. The molecule has 1 aliphatic carbocycles. The van der Waals surface area contributed by atoms with Gasteiger partial charge in [0.1, 0.15) is 12.1 Å². The number of fused-ring (bicyclic) bond motifs is 1. The largest absolute Gasteiger partial charge is 0.493 e. The summed E-state index contributed by atoms with van der Waals surface area (Å²) in [4.78, 5) is 8.59. The predicted octanol–water partition coefficient (Wildman–Crippen LogP) is 4.82. The molecule has 3 aromatic rings. The number of methoxy groups -OCH3 is 1. The maximum absolute atomic E-state index is 14.3. The minimum absolute atomic E-state index is 0.0366. The molecule has 0 spiro atoms. The van der Waals surface area contributed by atoms with Gasteiger partial charge in [-0.25, -0.2) is 14.4 Å². The van der Waals surface area contributed by atoms with Crippen molar-refractivity contribution in [3.05, 3.63) is 47.5 Å². The van der Waals surface area contributed by atoms with Gasteiger partial charge in [0.15, 0.2) is 17.3 Å². The van der Waals surface area contributed by atoms with Crippen molar-refractivity contribution >= 4 is 34.0 Å². The van der Waals surface area contributed by atoms with Gasteiger partial charge in [-0.3, -0.25) is 0 Å². The fourth-order valence-corrected chi connectivity index (χ4v) is 3.70. The highest BCUT2D eigenvalue weighted by atomic mass is 35.5. The highest BCUT2D eigenvalue weighted by molar-refractivity contribution is 6.31. The smallest absolute Gasteiger partial charge is 0.165 e. The molecule has 1 aromatic heterocycles. The van der Waals surface area contributed by atoms with Crippen LogP contribution >= 0.6 is 11.6 Å². The molecule has 1 heterocycles. The zero-order valence-corrected chi connectivity index (χ0v) is 16.7. The molecule has 1 aliphatic rings. The first-order valence-corrected chi connectivity index (χ1v) is 9.89. The van der Waals surface area contributed by atoms with E-state index in [0.29, 0.717) is 28.2 Å². The van der Waals surface area contributed by atoms with Gasteiger partial charge in [0, 0.05) is 17.5 Å². The Morgan fingerprint density at radius 2 is 1.93 bits per heavy atom. The minimum atomic E-state index is -0.538.